The molecule has 0 heterocycles. The summed E-state index contributed by atoms with van der Waals surface area (Å²) >= 11 is 0. The van der Waals surface area contributed by atoms with Crippen LogP contribution in [0.4, 0.5) is 31.1 Å². The van der Waals surface area contributed by atoms with Crippen molar-refractivity contribution in [2.45, 2.75) is 75.5 Å². The largest absolute Gasteiger partial charge is 0.444 e. The molecule has 5 nitrogen and oxygen atoms in total. The third kappa shape index (κ3) is 6.99. The second-order valence-corrected chi connectivity index (χ2v) is 10.9. The smallest absolute Gasteiger partial charge is 0.416 e. The molecule has 210 valence electrons. The van der Waals surface area contributed by atoms with Crippen molar-refractivity contribution < 1.29 is 45.7 Å². The Morgan fingerprint density at radius 3 is 1.95 bits per heavy atom. The summed E-state index contributed by atoms with van der Waals surface area (Å²) in [6.45, 7) is 5.99. The van der Waals surface area contributed by atoms with E-state index in [-0.39, 0.29) is 31.1 Å². The van der Waals surface area contributed by atoms with Crippen LogP contribution >= 0.6 is 0 Å². The van der Waals surface area contributed by atoms with Gasteiger partial charge < -0.3 is 19.9 Å². The predicted octanol–water partition coefficient (Wildman–Crippen LogP) is 6.79. The lowest BCUT2D eigenvalue weighted by Crippen LogP contribution is -2.67. The van der Waals surface area contributed by atoms with Crippen LogP contribution in [0.5, 0.6) is 0 Å². The van der Waals surface area contributed by atoms with E-state index in [1.807, 2.05) is 12.1 Å². The molecule has 11 heteroatoms. The number of rotatable bonds is 7. The number of aliphatic hydroxyl groups is 1. The quantitative estimate of drug-likeness (QED) is 0.375. The number of hydrogen-bond acceptors (Lipinski definition) is 4. The minimum Gasteiger partial charge on any atom is -0.444 e. The van der Waals surface area contributed by atoms with Gasteiger partial charge >= 0.3 is 18.4 Å². The molecule has 0 unspecified atom stereocenters. The minimum absolute atomic E-state index is 0.0750. The molecule has 1 aliphatic carbocycles. The van der Waals surface area contributed by atoms with Crippen molar-refractivity contribution in [2.75, 3.05) is 13.2 Å². The third-order valence-electron chi connectivity index (χ3n) is 6.50. The normalized spacial score (nSPS) is 22.9. The highest BCUT2D eigenvalue weighted by atomic mass is 19.4. The molecule has 2 N–H and O–H groups in total. The van der Waals surface area contributed by atoms with E-state index < -0.39 is 58.8 Å². The zero-order valence-electron chi connectivity index (χ0n) is 21.5. The zero-order valence-corrected chi connectivity index (χ0v) is 21.5. The van der Waals surface area contributed by atoms with Crippen molar-refractivity contribution in [1.82, 2.24) is 5.32 Å². The molecule has 1 fully saturated rings. The lowest BCUT2D eigenvalue weighted by molar-refractivity contribution is -0.143. The summed E-state index contributed by atoms with van der Waals surface area (Å²) in [6, 6.07) is 10.4. The Balaban J connectivity index is 1.85. The van der Waals surface area contributed by atoms with E-state index in [0.717, 1.165) is 5.56 Å². The summed E-state index contributed by atoms with van der Waals surface area (Å²) in [5.74, 6) is 0. The highest BCUT2D eigenvalue weighted by molar-refractivity contribution is 5.69. The highest BCUT2D eigenvalue weighted by Gasteiger charge is 2.56. The lowest BCUT2D eigenvalue weighted by atomic mass is 9.55. The van der Waals surface area contributed by atoms with Crippen molar-refractivity contribution in [3.8, 4) is 0 Å². The van der Waals surface area contributed by atoms with Gasteiger partial charge in [-0.15, -0.1) is 0 Å². The van der Waals surface area contributed by atoms with Gasteiger partial charge in [0.1, 0.15) is 5.60 Å². The number of carbonyl (C=O) groups is 1. The summed E-state index contributed by atoms with van der Waals surface area (Å²) in [5.41, 5.74) is -4.87. The van der Waals surface area contributed by atoms with Crippen molar-refractivity contribution in [2.24, 2.45) is 0 Å². The summed E-state index contributed by atoms with van der Waals surface area (Å²) in [4.78, 5) is 12.4. The Morgan fingerprint density at radius 2 is 1.50 bits per heavy atom. The molecule has 0 bridgehead atoms. The van der Waals surface area contributed by atoms with Gasteiger partial charge in [-0.2, -0.15) is 26.3 Å². The number of carbonyl (C=O) groups excluding carboxylic acids is 1. The van der Waals surface area contributed by atoms with Crippen LogP contribution in [0.2, 0.25) is 0 Å². The van der Waals surface area contributed by atoms with Crippen LogP contribution in [0.25, 0.3) is 0 Å². The van der Waals surface area contributed by atoms with E-state index in [1.54, 1.807) is 39.0 Å². The van der Waals surface area contributed by atoms with Crippen molar-refractivity contribution in [3.63, 3.8) is 0 Å². The van der Waals surface area contributed by atoms with Gasteiger partial charge in [-0.1, -0.05) is 30.3 Å². The van der Waals surface area contributed by atoms with Crippen molar-refractivity contribution in [3.05, 3.63) is 70.8 Å². The SMILES string of the molecule is C[C@@H](OCC1(c2ccccc2)CC(CO)(NC(=O)OC(C)(C)C)C1)c1cc(C(F)(F)F)cc(C(F)(F)F)c1. The van der Waals surface area contributed by atoms with Gasteiger partial charge in [0.15, 0.2) is 0 Å². The van der Waals surface area contributed by atoms with Crippen LogP contribution in [0.1, 0.15) is 68.9 Å². The molecular formula is C27H31F6NO4. The Labute approximate surface area is 217 Å². The van der Waals surface area contributed by atoms with Crippen LogP contribution in [0, 0.1) is 0 Å². The molecular weight excluding hydrogens is 516 g/mol. The molecule has 0 saturated heterocycles. The van der Waals surface area contributed by atoms with Gasteiger partial charge in [0, 0.05) is 5.41 Å². The summed E-state index contributed by atoms with van der Waals surface area (Å²) in [5, 5.41) is 12.8. The molecule has 3 rings (SSSR count). The molecule has 1 amide bonds. The van der Waals surface area contributed by atoms with E-state index in [9.17, 15) is 36.2 Å². The second-order valence-electron chi connectivity index (χ2n) is 10.9. The zero-order chi connectivity index (χ0) is 28.6. The molecule has 0 radical (unpaired) electrons. The minimum atomic E-state index is -4.97. The molecule has 38 heavy (non-hydrogen) atoms. The fraction of sp³-hybridized carbons (Fsp3) is 0.519. The monoisotopic (exact) mass is 547 g/mol. The predicted molar refractivity (Wildman–Crippen MR) is 127 cm³/mol. The number of hydrogen-bond donors (Lipinski definition) is 2. The Bertz CT molecular complexity index is 1090. The summed E-state index contributed by atoms with van der Waals surface area (Å²) < 4.78 is 91.1. The maximum atomic E-state index is 13.3. The Kier molecular flexibility index (Phi) is 8.15. The van der Waals surface area contributed by atoms with E-state index in [4.69, 9.17) is 9.47 Å². The van der Waals surface area contributed by atoms with E-state index in [1.165, 1.54) is 6.92 Å². The number of alkyl halides is 6. The summed E-state index contributed by atoms with van der Waals surface area (Å²) in [6.07, 6.45) is -11.3. The molecule has 2 aromatic carbocycles. The first-order valence-electron chi connectivity index (χ1n) is 12.0. The maximum Gasteiger partial charge on any atom is 0.416 e. The number of amides is 1. The topological polar surface area (TPSA) is 67.8 Å². The van der Waals surface area contributed by atoms with Gasteiger partial charge in [-0.25, -0.2) is 4.79 Å². The van der Waals surface area contributed by atoms with Gasteiger partial charge in [0.05, 0.1) is 36.0 Å². The molecule has 1 atom stereocenters. The number of alkyl carbamates (subject to hydrolysis) is 1. The molecule has 1 saturated carbocycles. The number of halogens is 6. The molecule has 0 spiro atoms. The van der Waals surface area contributed by atoms with Gasteiger partial charge in [-0.05, 0) is 69.9 Å². The van der Waals surface area contributed by atoms with E-state index >= 15 is 0 Å². The number of aliphatic hydroxyl groups excluding tert-OH is 1. The average molecular weight is 548 g/mol. The van der Waals surface area contributed by atoms with Crippen LogP contribution in [0.3, 0.4) is 0 Å². The van der Waals surface area contributed by atoms with Gasteiger partial charge in [0.25, 0.3) is 0 Å². The fourth-order valence-electron chi connectivity index (χ4n) is 4.78. The van der Waals surface area contributed by atoms with E-state index in [0.29, 0.717) is 12.1 Å². The third-order valence-corrected chi connectivity index (χ3v) is 6.50. The van der Waals surface area contributed by atoms with Crippen LogP contribution in [-0.4, -0.2) is 35.6 Å². The molecule has 0 aliphatic heterocycles. The van der Waals surface area contributed by atoms with Crippen molar-refractivity contribution >= 4 is 6.09 Å². The first kappa shape index (κ1) is 29.8. The van der Waals surface area contributed by atoms with Crippen LogP contribution in [-0.2, 0) is 27.2 Å². The lowest BCUT2D eigenvalue weighted by Gasteiger charge is -2.56. The number of benzene rings is 2. The van der Waals surface area contributed by atoms with Crippen LogP contribution < -0.4 is 5.32 Å². The summed E-state index contributed by atoms with van der Waals surface area (Å²) in [7, 11) is 0. The standard InChI is InChI=1S/C27H31F6NO4/c1-17(18-10-20(26(28,29)30)12-21(11-18)27(31,32)33)37-16-24(19-8-6-5-7-9-19)13-25(14-24,15-35)34-22(36)38-23(2,3)4/h5-12,17,35H,13-16H2,1-4H3,(H,34,36)/t17-,24?,25?/m1/s1. The van der Waals surface area contributed by atoms with E-state index in [2.05, 4.69) is 5.32 Å². The first-order chi connectivity index (χ1) is 17.4. The Morgan fingerprint density at radius 1 is 0.974 bits per heavy atom. The molecule has 0 aromatic heterocycles. The van der Waals surface area contributed by atoms with Gasteiger partial charge in [0.2, 0.25) is 0 Å². The maximum absolute atomic E-state index is 13.3. The molecule has 1 aliphatic rings. The van der Waals surface area contributed by atoms with Crippen LogP contribution in [0.15, 0.2) is 48.5 Å². The Hall–Kier alpha value is -2.79. The first-order valence-corrected chi connectivity index (χ1v) is 12.0. The highest BCUT2D eigenvalue weighted by Crippen LogP contribution is 2.51. The number of nitrogens with one attached hydrogen (secondary N) is 1. The second kappa shape index (κ2) is 10.4. The average Bonchev–Trinajstić information content (AvgIpc) is 2.78. The fourth-order valence-corrected chi connectivity index (χ4v) is 4.78. The van der Waals surface area contributed by atoms with Crippen molar-refractivity contribution in [1.29, 1.82) is 0 Å². The van der Waals surface area contributed by atoms with Gasteiger partial charge in [-0.3, -0.25) is 0 Å². The number of ether oxygens (including phenoxy) is 2. The molecule has 2 aromatic rings.